The number of hydrogen-bond acceptors (Lipinski definition) is 5. The molecule has 0 aliphatic carbocycles. The van der Waals surface area contributed by atoms with Gasteiger partial charge in [0.2, 0.25) is 5.82 Å². The minimum Gasteiger partial charge on any atom is -0.497 e. The van der Waals surface area contributed by atoms with E-state index in [-0.39, 0.29) is 11.6 Å². The summed E-state index contributed by atoms with van der Waals surface area (Å²) in [6.07, 6.45) is 1.40. The summed E-state index contributed by atoms with van der Waals surface area (Å²) >= 11 is 0. The third-order valence-electron chi connectivity index (χ3n) is 2.38. The van der Waals surface area contributed by atoms with Gasteiger partial charge in [0, 0.05) is 13.0 Å². The highest BCUT2D eigenvalue weighted by molar-refractivity contribution is 5.90. The van der Waals surface area contributed by atoms with Crippen LogP contribution in [0.4, 0.5) is 0 Å². The normalized spacial score (nSPS) is 9.83. The van der Waals surface area contributed by atoms with Crippen molar-refractivity contribution < 1.29 is 9.53 Å². The summed E-state index contributed by atoms with van der Waals surface area (Å²) < 4.78 is 6.48. The largest absolute Gasteiger partial charge is 0.497 e. The molecular formula is C12H10N4O2. The molecule has 2 rings (SSSR count). The topological polar surface area (TPSA) is 80.8 Å². The predicted molar refractivity (Wildman–Crippen MR) is 62.6 cm³/mol. The lowest BCUT2D eigenvalue weighted by molar-refractivity contribution is 0.100. The van der Waals surface area contributed by atoms with Gasteiger partial charge in [-0.05, 0) is 12.1 Å². The fraction of sp³-hybridized carbons (Fsp3) is 0.167. The van der Waals surface area contributed by atoms with E-state index in [0.717, 1.165) is 0 Å². The molecule has 0 unspecified atom stereocenters. The summed E-state index contributed by atoms with van der Waals surface area (Å²) in [5.74, 6) is 0.487. The average Bonchev–Trinajstić information content (AvgIpc) is 2.87. The van der Waals surface area contributed by atoms with Crippen LogP contribution in [-0.2, 0) is 0 Å². The fourth-order valence-electron chi connectivity index (χ4n) is 1.46. The van der Waals surface area contributed by atoms with Gasteiger partial charge < -0.3 is 4.74 Å². The van der Waals surface area contributed by atoms with Gasteiger partial charge in [0.05, 0.1) is 18.4 Å². The number of hydrogen-bond donors (Lipinski definition) is 0. The lowest BCUT2D eigenvalue weighted by atomic mass is 10.2. The Kier molecular flexibility index (Phi) is 3.06. The number of ether oxygens (including phenoxy) is 1. The molecule has 1 heterocycles. The van der Waals surface area contributed by atoms with Gasteiger partial charge in [0.1, 0.15) is 18.1 Å². The van der Waals surface area contributed by atoms with Gasteiger partial charge in [0.15, 0.2) is 5.78 Å². The number of benzene rings is 1. The third-order valence-corrected chi connectivity index (χ3v) is 2.38. The Labute approximate surface area is 103 Å². The second-order valence-corrected chi connectivity index (χ2v) is 3.56. The molecule has 0 saturated carbocycles. The van der Waals surface area contributed by atoms with Crippen LogP contribution in [0.2, 0.25) is 0 Å². The van der Waals surface area contributed by atoms with Crippen LogP contribution in [0, 0.1) is 11.3 Å². The van der Waals surface area contributed by atoms with Crippen LogP contribution in [-0.4, -0.2) is 27.7 Å². The number of ketones is 1. The second kappa shape index (κ2) is 4.67. The lowest BCUT2D eigenvalue weighted by Gasteiger charge is -2.05. The molecule has 1 aromatic carbocycles. The number of rotatable bonds is 3. The minimum atomic E-state index is -0.227. The highest BCUT2D eigenvalue weighted by atomic mass is 16.5. The smallest absolute Gasteiger partial charge is 0.217 e. The maximum atomic E-state index is 11.1. The van der Waals surface area contributed by atoms with Crippen LogP contribution >= 0.6 is 0 Å². The zero-order valence-corrected chi connectivity index (χ0v) is 9.91. The number of nitriles is 1. The van der Waals surface area contributed by atoms with Gasteiger partial charge in [-0.15, -0.1) is 5.10 Å². The van der Waals surface area contributed by atoms with Crippen molar-refractivity contribution in [3.8, 4) is 17.5 Å². The van der Waals surface area contributed by atoms with Crippen LogP contribution in [0.25, 0.3) is 5.69 Å². The third kappa shape index (κ3) is 2.06. The van der Waals surface area contributed by atoms with Crippen LogP contribution in [0.1, 0.15) is 23.1 Å². The minimum absolute atomic E-state index is 0.113. The molecule has 0 amide bonds. The Morgan fingerprint density at radius 3 is 2.83 bits per heavy atom. The SMILES string of the molecule is COc1ccc(C#N)c(-n2cnc(C(C)=O)n2)c1. The molecule has 0 fully saturated rings. The van der Waals surface area contributed by atoms with Crippen LogP contribution in [0.3, 0.4) is 0 Å². The van der Waals surface area contributed by atoms with Crippen molar-refractivity contribution in [1.82, 2.24) is 14.8 Å². The summed E-state index contributed by atoms with van der Waals surface area (Å²) in [7, 11) is 1.54. The van der Waals surface area contributed by atoms with Crippen molar-refractivity contribution in [2.75, 3.05) is 7.11 Å². The van der Waals surface area contributed by atoms with Crippen molar-refractivity contribution in [3.05, 3.63) is 35.9 Å². The van der Waals surface area contributed by atoms with E-state index in [1.807, 2.05) is 0 Å². The van der Waals surface area contributed by atoms with E-state index in [1.165, 1.54) is 25.0 Å². The molecule has 0 N–H and O–H groups in total. The van der Waals surface area contributed by atoms with Gasteiger partial charge in [-0.1, -0.05) is 0 Å². The molecule has 6 heteroatoms. The van der Waals surface area contributed by atoms with E-state index in [4.69, 9.17) is 10.00 Å². The molecule has 6 nitrogen and oxygen atoms in total. The Morgan fingerprint density at radius 2 is 2.28 bits per heavy atom. The monoisotopic (exact) mass is 242 g/mol. The summed E-state index contributed by atoms with van der Waals surface area (Å²) in [6, 6.07) is 7.03. The van der Waals surface area contributed by atoms with Gasteiger partial charge >= 0.3 is 0 Å². The maximum Gasteiger partial charge on any atom is 0.217 e. The van der Waals surface area contributed by atoms with E-state index in [9.17, 15) is 4.79 Å². The Hall–Kier alpha value is -2.68. The predicted octanol–water partition coefficient (Wildman–Crippen LogP) is 1.35. The molecule has 0 atom stereocenters. The first-order valence-electron chi connectivity index (χ1n) is 5.17. The standard InChI is InChI=1S/C12H10N4O2/c1-8(17)12-14-7-16(15-12)11-5-10(18-2)4-3-9(11)6-13/h3-5,7H,1-2H3. The molecule has 1 aromatic heterocycles. The summed E-state index contributed by atoms with van der Waals surface area (Å²) in [5.41, 5.74) is 0.952. The molecule has 18 heavy (non-hydrogen) atoms. The average molecular weight is 242 g/mol. The van der Waals surface area contributed by atoms with Crippen molar-refractivity contribution in [1.29, 1.82) is 5.26 Å². The molecule has 0 bridgehead atoms. The number of Topliss-reactive ketones (excluding diaryl/α,β-unsaturated/α-hetero) is 1. The first-order chi connectivity index (χ1) is 8.65. The van der Waals surface area contributed by atoms with Gasteiger partial charge in [0.25, 0.3) is 0 Å². The van der Waals surface area contributed by atoms with Crippen molar-refractivity contribution in [2.45, 2.75) is 6.92 Å². The van der Waals surface area contributed by atoms with Crippen molar-refractivity contribution in [3.63, 3.8) is 0 Å². The molecule has 0 aliphatic rings. The Balaban J connectivity index is 2.54. The number of methoxy groups -OCH3 is 1. The molecule has 0 spiro atoms. The molecular weight excluding hydrogens is 232 g/mol. The van der Waals surface area contributed by atoms with Crippen LogP contribution < -0.4 is 4.74 Å². The van der Waals surface area contributed by atoms with Gasteiger partial charge in [-0.3, -0.25) is 4.79 Å². The summed E-state index contributed by atoms with van der Waals surface area (Å²) in [4.78, 5) is 15.0. The number of carbonyl (C=O) groups excluding carboxylic acids is 1. The van der Waals surface area contributed by atoms with Gasteiger partial charge in [-0.25, -0.2) is 9.67 Å². The van der Waals surface area contributed by atoms with E-state index < -0.39 is 0 Å². The zero-order valence-electron chi connectivity index (χ0n) is 9.91. The first-order valence-corrected chi connectivity index (χ1v) is 5.17. The molecule has 2 aromatic rings. The Morgan fingerprint density at radius 1 is 1.50 bits per heavy atom. The molecule has 0 saturated heterocycles. The lowest BCUT2D eigenvalue weighted by Crippen LogP contribution is -2.01. The number of carbonyl (C=O) groups is 1. The second-order valence-electron chi connectivity index (χ2n) is 3.56. The van der Waals surface area contributed by atoms with E-state index in [1.54, 1.807) is 18.2 Å². The van der Waals surface area contributed by atoms with Gasteiger partial charge in [-0.2, -0.15) is 5.26 Å². The highest BCUT2D eigenvalue weighted by Crippen LogP contribution is 2.20. The maximum absolute atomic E-state index is 11.1. The van der Waals surface area contributed by atoms with E-state index in [0.29, 0.717) is 17.0 Å². The molecule has 0 aliphatic heterocycles. The van der Waals surface area contributed by atoms with E-state index in [2.05, 4.69) is 16.2 Å². The fourth-order valence-corrected chi connectivity index (χ4v) is 1.46. The van der Waals surface area contributed by atoms with Crippen LogP contribution in [0.5, 0.6) is 5.75 Å². The van der Waals surface area contributed by atoms with Crippen molar-refractivity contribution in [2.24, 2.45) is 0 Å². The highest BCUT2D eigenvalue weighted by Gasteiger charge is 2.11. The summed E-state index contributed by atoms with van der Waals surface area (Å²) in [6.45, 7) is 1.39. The first kappa shape index (κ1) is 11.8. The number of aromatic nitrogens is 3. The Bertz CT molecular complexity index is 640. The molecule has 0 radical (unpaired) electrons. The molecule has 90 valence electrons. The van der Waals surface area contributed by atoms with Crippen molar-refractivity contribution >= 4 is 5.78 Å². The van der Waals surface area contributed by atoms with E-state index >= 15 is 0 Å². The number of nitrogens with zero attached hydrogens (tertiary/aromatic N) is 4. The zero-order chi connectivity index (χ0) is 13.1. The quantitative estimate of drug-likeness (QED) is 0.759. The summed E-state index contributed by atoms with van der Waals surface area (Å²) in [5, 5.41) is 13.1. The van der Waals surface area contributed by atoms with Crippen LogP contribution in [0.15, 0.2) is 24.5 Å².